The Kier molecular flexibility index (Phi) is 5.83. The molecule has 8 nitrogen and oxygen atoms in total. The molecular weight excluding hydrogens is 286 g/mol. The number of hydrogen-bond donors (Lipinski definition) is 2. The van der Waals surface area contributed by atoms with E-state index < -0.39 is 23.9 Å². The summed E-state index contributed by atoms with van der Waals surface area (Å²) in [5, 5.41) is 26.9. The van der Waals surface area contributed by atoms with Crippen LogP contribution >= 0.6 is 11.3 Å². The zero-order valence-corrected chi connectivity index (χ0v) is 12.3. The van der Waals surface area contributed by atoms with E-state index in [2.05, 4.69) is 10.2 Å². The second-order valence-corrected chi connectivity index (χ2v) is 5.36. The van der Waals surface area contributed by atoms with E-state index in [1.807, 2.05) is 0 Å². The third kappa shape index (κ3) is 4.14. The highest BCUT2D eigenvalue weighted by Gasteiger charge is 2.27. The van der Waals surface area contributed by atoms with Gasteiger partial charge in [0.1, 0.15) is 17.7 Å². The Balaban J connectivity index is 2.96. The fourth-order valence-electron chi connectivity index (χ4n) is 1.45. The average molecular weight is 303 g/mol. The molecule has 0 aliphatic heterocycles. The largest absolute Gasteiger partial charge is 0.481 e. The van der Waals surface area contributed by atoms with E-state index >= 15 is 0 Å². The van der Waals surface area contributed by atoms with Crippen molar-refractivity contribution in [1.29, 1.82) is 0 Å². The lowest BCUT2D eigenvalue weighted by atomic mass is 10.1. The Morgan fingerprint density at radius 3 is 2.45 bits per heavy atom. The van der Waals surface area contributed by atoms with Gasteiger partial charge in [0.2, 0.25) is 5.13 Å². The van der Waals surface area contributed by atoms with Gasteiger partial charge in [-0.05, 0) is 6.92 Å². The van der Waals surface area contributed by atoms with Crippen LogP contribution in [0.25, 0.3) is 0 Å². The summed E-state index contributed by atoms with van der Waals surface area (Å²) >= 11 is 1.19. The Hall–Kier alpha value is -1.74. The highest BCUT2D eigenvalue weighted by molar-refractivity contribution is 7.15. The minimum absolute atomic E-state index is 0.0460. The lowest BCUT2D eigenvalue weighted by molar-refractivity contribution is -0.142. The molecule has 2 unspecified atom stereocenters. The van der Waals surface area contributed by atoms with Gasteiger partial charge in [0.05, 0.1) is 5.92 Å². The van der Waals surface area contributed by atoms with Crippen molar-refractivity contribution in [3.8, 4) is 0 Å². The van der Waals surface area contributed by atoms with Crippen LogP contribution in [0.5, 0.6) is 0 Å². The predicted molar refractivity (Wildman–Crippen MR) is 71.9 cm³/mol. The Morgan fingerprint density at radius 1 is 1.30 bits per heavy atom. The minimum Gasteiger partial charge on any atom is -0.481 e. The molecule has 0 aromatic carbocycles. The lowest BCUT2D eigenvalue weighted by Crippen LogP contribution is -2.43. The van der Waals surface area contributed by atoms with Crippen LogP contribution in [-0.4, -0.2) is 52.0 Å². The molecule has 112 valence electrons. The minimum atomic E-state index is -1.05. The van der Waals surface area contributed by atoms with Crippen LogP contribution in [0.1, 0.15) is 18.9 Å². The Labute approximate surface area is 120 Å². The first-order chi connectivity index (χ1) is 9.36. The molecule has 0 fully saturated rings. The van der Waals surface area contributed by atoms with E-state index in [1.54, 1.807) is 0 Å². The quantitative estimate of drug-likeness (QED) is 0.721. The molecule has 20 heavy (non-hydrogen) atoms. The molecule has 0 saturated heterocycles. The molecule has 0 aliphatic rings. The van der Waals surface area contributed by atoms with Crippen molar-refractivity contribution >= 4 is 28.4 Å². The molecule has 1 rings (SSSR count). The maximum Gasteiger partial charge on any atom is 0.326 e. The van der Waals surface area contributed by atoms with E-state index in [1.165, 1.54) is 37.2 Å². The number of aliphatic carboxylic acids is 2. The van der Waals surface area contributed by atoms with Crippen molar-refractivity contribution in [2.45, 2.75) is 26.5 Å². The predicted octanol–water partition coefficient (Wildman–Crippen LogP) is 0.685. The van der Waals surface area contributed by atoms with Crippen LogP contribution in [0.15, 0.2) is 0 Å². The summed E-state index contributed by atoms with van der Waals surface area (Å²) in [6.07, 6.45) is 0. The van der Waals surface area contributed by atoms with Gasteiger partial charge < -0.3 is 19.8 Å². The number of aromatic nitrogens is 2. The summed E-state index contributed by atoms with van der Waals surface area (Å²) < 4.78 is 4.93. The first-order valence-electron chi connectivity index (χ1n) is 5.90. The van der Waals surface area contributed by atoms with Crippen molar-refractivity contribution in [3.63, 3.8) is 0 Å². The third-order valence-electron chi connectivity index (χ3n) is 2.69. The summed E-state index contributed by atoms with van der Waals surface area (Å²) in [6.45, 7) is 3.32. The molecule has 0 aliphatic carbocycles. The number of carbonyl (C=O) groups is 2. The number of rotatable bonds is 8. The number of methoxy groups -OCH3 is 1. The van der Waals surface area contributed by atoms with Gasteiger partial charge in [-0.3, -0.25) is 4.79 Å². The second-order valence-electron chi connectivity index (χ2n) is 4.32. The number of anilines is 1. The topological polar surface area (TPSA) is 113 Å². The molecule has 0 bridgehead atoms. The molecule has 9 heteroatoms. The lowest BCUT2D eigenvalue weighted by Gasteiger charge is -2.26. The van der Waals surface area contributed by atoms with Crippen LogP contribution in [0.3, 0.4) is 0 Å². The molecule has 1 heterocycles. The molecule has 0 radical (unpaired) electrons. The SMILES string of the molecule is COCc1nnc(N(CC(C)C(=O)O)C(C)C(=O)O)s1. The molecule has 1 aromatic rings. The summed E-state index contributed by atoms with van der Waals surface area (Å²) in [7, 11) is 1.52. The first-order valence-corrected chi connectivity index (χ1v) is 6.72. The van der Waals surface area contributed by atoms with E-state index in [-0.39, 0.29) is 13.2 Å². The number of ether oxygens (including phenoxy) is 1. The first kappa shape index (κ1) is 16.3. The van der Waals surface area contributed by atoms with E-state index in [9.17, 15) is 9.59 Å². The van der Waals surface area contributed by atoms with Gasteiger partial charge in [0.15, 0.2) is 0 Å². The third-order valence-corrected chi connectivity index (χ3v) is 3.62. The summed E-state index contributed by atoms with van der Waals surface area (Å²) in [5.41, 5.74) is 0. The monoisotopic (exact) mass is 303 g/mol. The van der Waals surface area contributed by atoms with Crippen molar-refractivity contribution in [2.75, 3.05) is 18.6 Å². The van der Waals surface area contributed by atoms with E-state index in [4.69, 9.17) is 14.9 Å². The van der Waals surface area contributed by atoms with Gasteiger partial charge in [-0.15, -0.1) is 10.2 Å². The van der Waals surface area contributed by atoms with Gasteiger partial charge in [-0.2, -0.15) is 0 Å². The van der Waals surface area contributed by atoms with Crippen LogP contribution < -0.4 is 4.90 Å². The van der Waals surface area contributed by atoms with Crippen LogP contribution in [-0.2, 0) is 20.9 Å². The molecular formula is C11H17N3O5S. The standard InChI is InChI=1S/C11H17N3O5S/c1-6(9(15)16)4-14(7(2)10(17)18)11-13-12-8(20-11)5-19-3/h6-7H,4-5H2,1-3H3,(H,15,16)(H,17,18). The van der Waals surface area contributed by atoms with Crippen molar-refractivity contribution in [1.82, 2.24) is 10.2 Å². The number of carboxylic acids is 2. The van der Waals surface area contributed by atoms with Crippen LogP contribution in [0.2, 0.25) is 0 Å². The normalized spacial score (nSPS) is 13.8. The van der Waals surface area contributed by atoms with Crippen LogP contribution in [0, 0.1) is 5.92 Å². The fraction of sp³-hybridized carbons (Fsp3) is 0.636. The highest BCUT2D eigenvalue weighted by Crippen LogP contribution is 2.24. The smallest absolute Gasteiger partial charge is 0.326 e. The second kappa shape index (κ2) is 7.15. The molecule has 1 aromatic heterocycles. The van der Waals surface area contributed by atoms with E-state index in [0.717, 1.165) is 0 Å². The number of hydrogen-bond acceptors (Lipinski definition) is 7. The van der Waals surface area contributed by atoms with Gasteiger partial charge in [0.25, 0.3) is 0 Å². The molecule has 2 atom stereocenters. The van der Waals surface area contributed by atoms with Crippen molar-refractivity contribution in [2.24, 2.45) is 5.92 Å². The highest BCUT2D eigenvalue weighted by atomic mass is 32.1. The van der Waals surface area contributed by atoms with Gasteiger partial charge in [-0.25, -0.2) is 4.79 Å². The van der Waals surface area contributed by atoms with Crippen molar-refractivity contribution < 1.29 is 24.5 Å². The molecule has 0 saturated carbocycles. The van der Waals surface area contributed by atoms with Gasteiger partial charge >= 0.3 is 11.9 Å². The molecule has 0 spiro atoms. The number of nitrogens with zero attached hydrogens (tertiary/aromatic N) is 3. The zero-order valence-electron chi connectivity index (χ0n) is 11.4. The van der Waals surface area contributed by atoms with Gasteiger partial charge in [0, 0.05) is 13.7 Å². The fourth-order valence-corrected chi connectivity index (χ4v) is 2.35. The van der Waals surface area contributed by atoms with Crippen molar-refractivity contribution in [3.05, 3.63) is 5.01 Å². The Morgan fingerprint density at radius 2 is 1.95 bits per heavy atom. The maximum atomic E-state index is 11.1. The average Bonchev–Trinajstić information content (AvgIpc) is 2.83. The maximum absolute atomic E-state index is 11.1. The summed E-state index contributed by atoms with van der Waals surface area (Å²) in [4.78, 5) is 23.5. The van der Waals surface area contributed by atoms with Crippen LogP contribution in [0.4, 0.5) is 5.13 Å². The summed E-state index contributed by atoms with van der Waals surface area (Å²) in [6, 6.07) is -0.889. The summed E-state index contributed by atoms with van der Waals surface area (Å²) in [5.74, 6) is -2.76. The Bertz CT molecular complexity index is 478. The molecule has 2 N–H and O–H groups in total. The van der Waals surface area contributed by atoms with E-state index in [0.29, 0.717) is 10.1 Å². The van der Waals surface area contributed by atoms with Gasteiger partial charge in [-0.1, -0.05) is 18.3 Å². The number of carboxylic acid groups (broad SMARTS) is 2. The molecule has 0 amide bonds. The zero-order chi connectivity index (χ0) is 15.3.